The van der Waals surface area contributed by atoms with Gasteiger partial charge in [0.15, 0.2) is 0 Å². The van der Waals surface area contributed by atoms with Crippen LogP contribution in [0.2, 0.25) is 0 Å². The lowest BCUT2D eigenvalue weighted by molar-refractivity contribution is 0.341. The molecule has 5 heteroatoms. The average molecular weight is 324 g/mol. The second-order valence-corrected chi connectivity index (χ2v) is 6.87. The van der Waals surface area contributed by atoms with E-state index in [1.165, 1.54) is 19.3 Å². The summed E-state index contributed by atoms with van der Waals surface area (Å²) in [7, 11) is 0. The first kappa shape index (κ1) is 15.2. The highest BCUT2D eigenvalue weighted by Crippen LogP contribution is 2.28. The van der Waals surface area contributed by atoms with E-state index in [4.69, 9.17) is 14.8 Å². The second-order valence-electron chi connectivity index (χ2n) is 6.87. The largest absolute Gasteiger partial charge is 0.467 e. The molecule has 0 amide bonds. The Morgan fingerprint density at radius 2 is 2.04 bits per heavy atom. The predicted octanol–water partition coefficient (Wildman–Crippen LogP) is 4.08. The van der Waals surface area contributed by atoms with Crippen molar-refractivity contribution in [3.8, 4) is 0 Å². The summed E-state index contributed by atoms with van der Waals surface area (Å²) in [5, 5.41) is 9.74. The molecule has 5 nitrogen and oxygen atoms in total. The number of hydrogen-bond donors (Lipinski definition) is 1. The lowest BCUT2D eigenvalue weighted by Crippen LogP contribution is -2.27. The van der Waals surface area contributed by atoms with Crippen LogP contribution < -0.4 is 5.49 Å². The summed E-state index contributed by atoms with van der Waals surface area (Å²) >= 11 is 0. The molecule has 126 valence electrons. The molecule has 0 saturated heterocycles. The normalized spacial score (nSPS) is 16.1. The number of nitrogens with zero attached hydrogens (tertiary/aromatic N) is 3. The molecular weight excluding hydrogens is 300 g/mol. The van der Waals surface area contributed by atoms with E-state index in [2.05, 4.69) is 23.0 Å². The van der Waals surface area contributed by atoms with Gasteiger partial charge in [0.05, 0.1) is 24.5 Å². The topological polar surface area (TPSA) is 59.7 Å². The van der Waals surface area contributed by atoms with Crippen molar-refractivity contribution in [2.24, 2.45) is 0 Å². The van der Waals surface area contributed by atoms with E-state index in [-0.39, 0.29) is 0 Å². The fourth-order valence-electron chi connectivity index (χ4n) is 3.95. The zero-order valence-corrected chi connectivity index (χ0v) is 14.4. The molecule has 0 bridgehead atoms. The minimum atomic E-state index is 0.427. The van der Waals surface area contributed by atoms with Gasteiger partial charge in [0.2, 0.25) is 0 Å². The van der Waals surface area contributed by atoms with E-state index < -0.39 is 0 Å². The molecule has 4 rings (SSSR count). The highest BCUT2D eigenvalue weighted by Gasteiger charge is 2.20. The van der Waals surface area contributed by atoms with Gasteiger partial charge in [-0.3, -0.25) is 5.41 Å². The van der Waals surface area contributed by atoms with E-state index >= 15 is 0 Å². The van der Waals surface area contributed by atoms with Gasteiger partial charge in [0.1, 0.15) is 16.9 Å². The smallest absolute Gasteiger partial charge is 0.146 e. The van der Waals surface area contributed by atoms with Crippen molar-refractivity contribution in [3.63, 3.8) is 0 Å². The zero-order valence-electron chi connectivity index (χ0n) is 14.4. The summed E-state index contributed by atoms with van der Waals surface area (Å²) in [5.41, 5.74) is 3.80. The molecule has 3 aromatic rings. The summed E-state index contributed by atoms with van der Waals surface area (Å²) in [6.45, 7) is 4.86. The van der Waals surface area contributed by atoms with Crippen LogP contribution in [0.15, 0.2) is 29.1 Å². The molecule has 1 aliphatic rings. The van der Waals surface area contributed by atoms with Crippen molar-refractivity contribution in [3.05, 3.63) is 47.2 Å². The minimum Gasteiger partial charge on any atom is -0.467 e. The lowest BCUT2D eigenvalue weighted by atomic mass is 9.95. The molecule has 1 fully saturated rings. The predicted molar refractivity (Wildman–Crippen MR) is 93.0 cm³/mol. The molecule has 0 aromatic carbocycles. The Morgan fingerprint density at radius 3 is 2.75 bits per heavy atom. The molecule has 0 spiro atoms. The van der Waals surface area contributed by atoms with Crippen molar-refractivity contribution >= 4 is 11.0 Å². The van der Waals surface area contributed by atoms with E-state index in [1.807, 2.05) is 18.5 Å². The van der Waals surface area contributed by atoms with E-state index in [9.17, 15) is 0 Å². The van der Waals surface area contributed by atoms with Crippen LogP contribution in [0.3, 0.4) is 0 Å². The van der Waals surface area contributed by atoms with Crippen LogP contribution in [0.4, 0.5) is 0 Å². The Labute approximate surface area is 141 Å². The fourth-order valence-corrected chi connectivity index (χ4v) is 3.95. The average Bonchev–Trinajstić information content (AvgIpc) is 3.19. The third kappa shape index (κ3) is 2.39. The van der Waals surface area contributed by atoms with E-state index in [0.29, 0.717) is 18.1 Å². The molecule has 24 heavy (non-hydrogen) atoms. The number of fused-ring (bicyclic) bond motifs is 1. The third-order valence-electron chi connectivity index (χ3n) is 5.46. The molecule has 1 N–H and O–H groups in total. The molecule has 1 saturated carbocycles. The van der Waals surface area contributed by atoms with Crippen molar-refractivity contribution in [1.29, 1.82) is 5.41 Å². The van der Waals surface area contributed by atoms with Crippen molar-refractivity contribution < 1.29 is 4.42 Å². The maximum Gasteiger partial charge on any atom is 0.146 e. The SMILES string of the molecule is Cc1c(C)n(Cc2ccco2)c2ncn(C3CCCCC3)c(=N)c12. The zero-order chi connectivity index (χ0) is 16.7. The summed E-state index contributed by atoms with van der Waals surface area (Å²) < 4.78 is 9.75. The van der Waals surface area contributed by atoms with Crippen molar-refractivity contribution in [1.82, 2.24) is 14.1 Å². The van der Waals surface area contributed by atoms with Crippen molar-refractivity contribution in [2.75, 3.05) is 0 Å². The quantitative estimate of drug-likeness (QED) is 0.789. The van der Waals surface area contributed by atoms with Gasteiger partial charge in [0.25, 0.3) is 0 Å². The number of rotatable bonds is 3. The molecule has 3 aromatic heterocycles. The highest BCUT2D eigenvalue weighted by molar-refractivity contribution is 5.80. The Bertz CT molecular complexity index is 911. The molecule has 3 heterocycles. The van der Waals surface area contributed by atoms with Crippen molar-refractivity contribution in [2.45, 2.75) is 58.5 Å². The van der Waals surface area contributed by atoms with Crippen LogP contribution in [0.5, 0.6) is 0 Å². The Hall–Kier alpha value is -2.30. The lowest BCUT2D eigenvalue weighted by Gasteiger charge is -2.24. The first-order valence-electron chi connectivity index (χ1n) is 8.80. The van der Waals surface area contributed by atoms with Crippen LogP contribution in [0, 0.1) is 19.3 Å². The Balaban J connectivity index is 1.84. The van der Waals surface area contributed by atoms with Gasteiger partial charge < -0.3 is 13.6 Å². The summed E-state index contributed by atoms with van der Waals surface area (Å²) in [6, 6.07) is 4.31. The maximum absolute atomic E-state index is 8.76. The van der Waals surface area contributed by atoms with Gasteiger partial charge in [0, 0.05) is 11.7 Å². The summed E-state index contributed by atoms with van der Waals surface area (Å²) in [4.78, 5) is 4.74. The summed E-state index contributed by atoms with van der Waals surface area (Å²) in [5.74, 6) is 0.910. The first-order valence-corrected chi connectivity index (χ1v) is 8.80. The molecule has 0 radical (unpaired) electrons. The second kappa shape index (κ2) is 5.96. The number of aromatic nitrogens is 3. The van der Waals surface area contributed by atoms with Gasteiger partial charge >= 0.3 is 0 Å². The molecule has 0 atom stereocenters. The molecule has 0 aliphatic heterocycles. The molecule has 0 unspecified atom stereocenters. The van der Waals surface area contributed by atoms with E-state index in [1.54, 1.807) is 6.26 Å². The Kier molecular flexibility index (Phi) is 3.79. The van der Waals surface area contributed by atoms with Crippen LogP contribution in [0.1, 0.15) is 55.2 Å². The first-order chi connectivity index (χ1) is 11.7. The van der Waals surface area contributed by atoms with Gasteiger partial charge in [-0.25, -0.2) is 4.98 Å². The van der Waals surface area contributed by atoms with Crippen LogP contribution >= 0.6 is 0 Å². The monoisotopic (exact) mass is 324 g/mol. The number of nitrogens with one attached hydrogen (secondary N) is 1. The number of furan rings is 1. The van der Waals surface area contributed by atoms with Gasteiger partial charge in [-0.05, 0) is 44.4 Å². The molecular formula is C19H24N4O. The standard InChI is InChI=1S/C19H24N4O/c1-13-14(2)22(11-16-9-6-10-24-16)19-17(13)18(20)23(12-21-19)15-7-4-3-5-8-15/h6,9-10,12,15,20H,3-5,7-8,11H2,1-2H3. The number of hydrogen-bond acceptors (Lipinski definition) is 3. The summed E-state index contributed by atoms with van der Waals surface area (Å²) in [6.07, 6.45) is 9.72. The van der Waals surface area contributed by atoms with Gasteiger partial charge in [-0.1, -0.05) is 19.3 Å². The third-order valence-corrected chi connectivity index (χ3v) is 5.46. The van der Waals surface area contributed by atoms with Gasteiger partial charge in [-0.2, -0.15) is 0 Å². The Morgan fingerprint density at radius 1 is 1.25 bits per heavy atom. The fraction of sp³-hybridized carbons (Fsp3) is 0.474. The van der Waals surface area contributed by atoms with Crippen LogP contribution in [0.25, 0.3) is 11.0 Å². The van der Waals surface area contributed by atoms with Crippen LogP contribution in [-0.4, -0.2) is 14.1 Å². The minimum absolute atomic E-state index is 0.427. The van der Waals surface area contributed by atoms with E-state index in [0.717, 1.165) is 40.9 Å². The maximum atomic E-state index is 8.76. The number of aryl methyl sites for hydroxylation is 1. The highest BCUT2D eigenvalue weighted by atomic mass is 16.3. The van der Waals surface area contributed by atoms with Crippen LogP contribution in [-0.2, 0) is 6.54 Å². The molecule has 1 aliphatic carbocycles. The van der Waals surface area contributed by atoms with Gasteiger partial charge in [-0.15, -0.1) is 0 Å².